The summed E-state index contributed by atoms with van der Waals surface area (Å²) in [5.41, 5.74) is 3.87. The molecule has 1 aliphatic carbocycles. The van der Waals surface area contributed by atoms with Gasteiger partial charge in [0.15, 0.2) is 17.6 Å². The predicted molar refractivity (Wildman–Crippen MR) is 169 cm³/mol. The zero-order valence-electron chi connectivity index (χ0n) is 26.2. The summed E-state index contributed by atoms with van der Waals surface area (Å²) in [6.45, 7) is 2.49. The van der Waals surface area contributed by atoms with Gasteiger partial charge >= 0.3 is 11.9 Å². The Bertz CT molecular complexity index is 1620. The van der Waals surface area contributed by atoms with Crippen molar-refractivity contribution in [2.75, 3.05) is 34.1 Å². The molecule has 3 aliphatic heterocycles. The number of rotatable bonds is 10. The van der Waals surface area contributed by atoms with Crippen molar-refractivity contribution in [1.82, 2.24) is 4.90 Å². The van der Waals surface area contributed by atoms with Gasteiger partial charge in [0, 0.05) is 6.54 Å². The van der Waals surface area contributed by atoms with E-state index in [1.807, 2.05) is 54.6 Å². The van der Waals surface area contributed by atoms with Crippen LogP contribution in [0.3, 0.4) is 0 Å². The Labute approximate surface area is 269 Å². The zero-order chi connectivity index (χ0) is 31.7. The second-order valence-corrected chi connectivity index (χ2v) is 12.4. The molecule has 0 radical (unpaired) electrons. The van der Waals surface area contributed by atoms with Crippen LogP contribution < -0.4 is 14.2 Å². The largest absolute Gasteiger partial charge is 0.497 e. The number of benzene rings is 3. The summed E-state index contributed by atoms with van der Waals surface area (Å²) in [7, 11) is 2.96. The fourth-order valence-corrected chi connectivity index (χ4v) is 7.59. The van der Waals surface area contributed by atoms with Crippen LogP contribution in [0, 0.1) is 5.92 Å². The molecule has 0 aromatic heterocycles. The SMILES string of the molecule is COC(=O)C[C@H](Cc1ccc(OCc2ccccc2)cc1)C(=O)O[C@@H]1C(OC)=C[C@]23CCCN2CCc2cc4c(cc2[C@H]13)OCO4. The molecule has 1 saturated heterocycles. The van der Waals surface area contributed by atoms with Gasteiger partial charge < -0.3 is 28.4 Å². The fraction of sp³-hybridized carbons (Fsp3) is 0.405. The molecule has 9 nitrogen and oxygen atoms in total. The van der Waals surface area contributed by atoms with E-state index >= 15 is 0 Å². The van der Waals surface area contributed by atoms with E-state index in [0.717, 1.165) is 66.1 Å². The van der Waals surface area contributed by atoms with Crippen molar-refractivity contribution in [3.05, 3.63) is 101 Å². The number of fused-ring (bicyclic) bond motifs is 3. The van der Waals surface area contributed by atoms with Gasteiger partial charge in [0.05, 0.1) is 38.0 Å². The third-order valence-corrected chi connectivity index (χ3v) is 9.84. The lowest BCUT2D eigenvalue weighted by molar-refractivity contribution is -0.159. The first-order valence-corrected chi connectivity index (χ1v) is 15.9. The Balaban J connectivity index is 1.14. The highest BCUT2D eigenvalue weighted by Crippen LogP contribution is 2.55. The lowest BCUT2D eigenvalue weighted by Gasteiger charge is -2.39. The number of carbonyl (C=O) groups is 2. The van der Waals surface area contributed by atoms with Crippen LogP contribution >= 0.6 is 0 Å². The summed E-state index contributed by atoms with van der Waals surface area (Å²) >= 11 is 0. The number of nitrogens with zero attached hydrogens (tertiary/aromatic N) is 1. The fourth-order valence-electron chi connectivity index (χ4n) is 7.59. The van der Waals surface area contributed by atoms with Gasteiger partial charge in [-0.05, 0) is 84.8 Å². The topological polar surface area (TPSA) is 92.8 Å². The number of esters is 2. The van der Waals surface area contributed by atoms with Crippen LogP contribution in [-0.4, -0.2) is 62.6 Å². The minimum Gasteiger partial charge on any atom is -0.497 e. The van der Waals surface area contributed by atoms with Gasteiger partial charge in [-0.2, -0.15) is 0 Å². The second kappa shape index (κ2) is 12.7. The molecular weight excluding hydrogens is 586 g/mol. The first kappa shape index (κ1) is 30.2. The Morgan fingerprint density at radius 3 is 2.52 bits per heavy atom. The van der Waals surface area contributed by atoms with Crippen LogP contribution in [0.1, 0.15) is 47.4 Å². The summed E-state index contributed by atoms with van der Waals surface area (Å²) in [5.74, 6) is 0.931. The third kappa shape index (κ3) is 5.68. The molecule has 0 N–H and O–H groups in total. The van der Waals surface area contributed by atoms with Gasteiger partial charge in [-0.1, -0.05) is 42.5 Å². The molecule has 9 heteroatoms. The molecular formula is C37H39NO8. The highest BCUT2D eigenvalue weighted by molar-refractivity contribution is 5.80. The van der Waals surface area contributed by atoms with E-state index in [2.05, 4.69) is 23.1 Å². The molecule has 46 heavy (non-hydrogen) atoms. The molecule has 240 valence electrons. The molecule has 0 saturated carbocycles. The molecule has 3 aromatic carbocycles. The molecule has 0 unspecified atom stereocenters. The third-order valence-electron chi connectivity index (χ3n) is 9.84. The molecule has 3 heterocycles. The van der Waals surface area contributed by atoms with Crippen LogP contribution in [0.25, 0.3) is 0 Å². The van der Waals surface area contributed by atoms with Crippen molar-refractivity contribution < 1.29 is 38.0 Å². The van der Waals surface area contributed by atoms with Crippen molar-refractivity contribution in [2.24, 2.45) is 5.92 Å². The molecule has 4 aliphatic rings. The maximum atomic E-state index is 14.1. The minimum atomic E-state index is -0.750. The lowest BCUT2D eigenvalue weighted by atomic mass is 9.77. The average Bonchev–Trinajstić information content (AvgIpc) is 3.78. The zero-order valence-corrected chi connectivity index (χ0v) is 26.2. The van der Waals surface area contributed by atoms with Gasteiger partial charge in [-0.3, -0.25) is 14.5 Å². The first-order valence-electron chi connectivity index (χ1n) is 15.9. The van der Waals surface area contributed by atoms with Crippen molar-refractivity contribution in [2.45, 2.75) is 56.3 Å². The van der Waals surface area contributed by atoms with E-state index in [1.165, 1.54) is 7.11 Å². The van der Waals surface area contributed by atoms with Gasteiger partial charge in [0.2, 0.25) is 6.79 Å². The Morgan fingerprint density at radius 2 is 1.76 bits per heavy atom. The predicted octanol–water partition coefficient (Wildman–Crippen LogP) is 5.35. The van der Waals surface area contributed by atoms with Gasteiger partial charge in [0.1, 0.15) is 18.1 Å². The standard InChI is InChI=1S/C37H39NO8/c1-41-32-21-37-14-6-15-38(37)16-13-26-18-30-31(45-23-44-30)20-29(26)34(37)35(32)46-36(40)27(19-33(39)42-2)17-24-9-11-28(12-10-24)43-22-25-7-4-3-5-8-25/h3-5,7-12,18,20-21,27,34-35H,6,13-17,19,22-23H2,1-2H3/t27-,34+,35+,37-/m0/s1. The van der Waals surface area contributed by atoms with E-state index < -0.39 is 24.0 Å². The van der Waals surface area contributed by atoms with Crippen molar-refractivity contribution in [3.63, 3.8) is 0 Å². The van der Waals surface area contributed by atoms with Crippen LogP contribution in [-0.2, 0) is 43.2 Å². The van der Waals surface area contributed by atoms with Crippen LogP contribution in [0.4, 0.5) is 0 Å². The summed E-state index contributed by atoms with van der Waals surface area (Å²) < 4.78 is 34.8. The van der Waals surface area contributed by atoms with E-state index in [-0.39, 0.29) is 24.7 Å². The molecule has 0 amide bonds. The molecule has 1 spiro atoms. The van der Waals surface area contributed by atoms with Crippen molar-refractivity contribution in [1.29, 1.82) is 0 Å². The number of methoxy groups -OCH3 is 2. The highest BCUT2D eigenvalue weighted by atomic mass is 16.7. The number of hydrogen-bond acceptors (Lipinski definition) is 9. The molecule has 7 rings (SSSR count). The van der Waals surface area contributed by atoms with Crippen molar-refractivity contribution >= 4 is 11.9 Å². The minimum absolute atomic E-state index is 0.0997. The number of hydrogen-bond donors (Lipinski definition) is 0. The van der Waals surface area contributed by atoms with Crippen LogP contribution in [0.2, 0.25) is 0 Å². The molecule has 0 bridgehead atoms. The average molecular weight is 626 g/mol. The monoisotopic (exact) mass is 625 g/mol. The Hall–Kier alpha value is -4.50. The smallest absolute Gasteiger partial charge is 0.310 e. The molecule has 3 aromatic rings. The first-order chi connectivity index (χ1) is 22.5. The summed E-state index contributed by atoms with van der Waals surface area (Å²) in [5, 5.41) is 0. The molecule has 1 fully saturated rings. The molecule has 4 atom stereocenters. The number of ether oxygens (including phenoxy) is 6. The Kier molecular flexibility index (Phi) is 8.34. The maximum absolute atomic E-state index is 14.1. The van der Waals surface area contributed by atoms with Crippen LogP contribution in [0.5, 0.6) is 17.2 Å². The van der Waals surface area contributed by atoms with Crippen LogP contribution in [0.15, 0.2) is 78.6 Å². The summed E-state index contributed by atoms with van der Waals surface area (Å²) in [4.78, 5) is 29.1. The highest BCUT2D eigenvalue weighted by Gasteiger charge is 2.58. The normalized spacial score (nSPS) is 23.3. The van der Waals surface area contributed by atoms with Gasteiger partial charge in [-0.25, -0.2) is 0 Å². The van der Waals surface area contributed by atoms with E-state index in [1.54, 1.807) is 7.11 Å². The quantitative estimate of drug-likeness (QED) is 0.277. The Morgan fingerprint density at radius 1 is 0.978 bits per heavy atom. The van der Waals surface area contributed by atoms with E-state index in [9.17, 15) is 9.59 Å². The number of carbonyl (C=O) groups excluding carboxylic acids is 2. The summed E-state index contributed by atoms with van der Waals surface area (Å²) in [6, 6.07) is 21.7. The lowest BCUT2D eigenvalue weighted by Crippen LogP contribution is -2.47. The van der Waals surface area contributed by atoms with Crippen molar-refractivity contribution in [3.8, 4) is 17.2 Å². The second-order valence-electron chi connectivity index (χ2n) is 12.4. The van der Waals surface area contributed by atoms with E-state index in [4.69, 9.17) is 28.4 Å². The van der Waals surface area contributed by atoms with Gasteiger partial charge in [-0.15, -0.1) is 0 Å². The maximum Gasteiger partial charge on any atom is 0.310 e. The van der Waals surface area contributed by atoms with Gasteiger partial charge in [0.25, 0.3) is 0 Å². The summed E-state index contributed by atoms with van der Waals surface area (Å²) in [6.07, 6.45) is 4.55. The van der Waals surface area contributed by atoms with E-state index in [0.29, 0.717) is 24.5 Å².